The van der Waals surface area contributed by atoms with E-state index < -0.39 is 0 Å². The maximum absolute atomic E-state index is 12.0. The Morgan fingerprint density at radius 1 is 1.45 bits per heavy atom. The van der Waals surface area contributed by atoms with E-state index in [2.05, 4.69) is 10.3 Å². The Hall–Kier alpha value is -2.17. The Bertz CT molecular complexity index is 469. The third-order valence-electron chi connectivity index (χ3n) is 2.58. The van der Waals surface area contributed by atoms with Gasteiger partial charge >= 0.3 is 0 Å². The number of hydrogen-bond donors (Lipinski definition) is 1. The van der Waals surface area contributed by atoms with E-state index in [0.29, 0.717) is 6.54 Å². The van der Waals surface area contributed by atoms with Gasteiger partial charge < -0.3 is 10.2 Å². The van der Waals surface area contributed by atoms with Crippen LogP contribution in [0.2, 0.25) is 0 Å². The topological polar surface area (TPSA) is 62.3 Å². The second-order valence-electron chi connectivity index (χ2n) is 4.69. The van der Waals surface area contributed by atoms with Gasteiger partial charge in [-0.05, 0) is 38.5 Å². The zero-order valence-corrected chi connectivity index (χ0v) is 12.2. The van der Waals surface area contributed by atoms with Gasteiger partial charge in [-0.2, -0.15) is 0 Å². The highest BCUT2D eigenvalue weighted by molar-refractivity contribution is 5.94. The molecule has 108 valence electrons. The summed E-state index contributed by atoms with van der Waals surface area (Å²) in [7, 11) is 0. The molecule has 0 aromatic carbocycles. The molecule has 0 unspecified atom stereocenters. The smallest absolute Gasteiger partial charge is 0.247 e. The SMILES string of the molecule is CCN(CC(=O)NC(C)C)C(=O)/C=C/c1cccnc1. The van der Waals surface area contributed by atoms with Gasteiger partial charge in [0.15, 0.2) is 0 Å². The van der Waals surface area contributed by atoms with Crippen molar-refractivity contribution in [3.05, 3.63) is 36.2 Å². The normalized spacial score (nSPS) is 10.8. The van der Waals surface area contributed by atoms with E-state index in [0.717, 1.165) is 5.56 Å². The highest BCUT2D eigenvalue weighted by atomic mass is 16.2. The fourth-order valence-corrected chi connectivity index (χ4v) is 1.63. The number of likely N-dealkylation sites (N-methyl/N-ethyl adjacent to an activating group) is 1. The minimum Gasteiger partial charge on any atom is -0.352 e. The summed E-state index contributed by atoms with van der Waals surface area (Å²) >= 11 is 0. The number of nitrogens with zero attached hydrogens (tertiary/aromatic N) is 2. The number of nitrogens with one attached hydrogen (secondary N) is 1. The molecule has 0 aliphatic carbocycles. The molecular formula is C15H21N3O2. The molecule has 1 heterocycles. The summed E-state index contributed by atoms with van der Waals surface area (Å²) in [5, 5.41) is 2.77. The first kappa shape index (κ1) is 15.9. The van der Waals surface area contributed by atoms with Crippen LogP contribution in [0, 0.1) is 0 Å². The summed E-state index contributed by atoms with van der Waals surface area (Å²) in [6.07, 6.45) is 6.50. The zero-order valence-electron chi connectivity index (χ0n) is 12.2. The van der Waals surface area contributed by atoms with Crippen molar-refractivity contribution in [1.82, 2.24) is 15.2 Å². The highest BCUT2D eigenvalue weighted by Crippen LogP contribution is 2.00. The maximum Gasteiger partial charge on any atom is 0.247 e. The molecule has 2 amide bonds. The molecule has 0 aliphatic heterocycles. The largest absolute Gasteiger partial charge is 0.352 e. The van der Waals surface area contributed by atoms with Crippen molar-refractivity contribution in [2.24, 2.45) is 0 Å². The zero-order chi connectivity index (χ0) is 15.0. The van der Waals surface area contributed by atoms with Crippen molar-refractivity contribution in [2.45, 2.75) is 26.8 Å². The molecule has 20 heavy (non-hydrogen) atoms. The van der Waals surface area contributed by atoms with E-state index in [4.69, 9.17) is 0 Å². The number of rotatable bonds is 6. The molecule has 0 radical (unpaired) electrons. The Morgan fingerprint density at radius 3 is 2.75 bits per heavy atom. The number of carbonyl (C=O) groups excluding carboxylic acids is 2. The number of amides is 2. The molecule has 0 aliphatic rings. The molecule has 5 heteroatoms. The van der Waals surface area contributed by atoms with Crippen molar-refractivity contribution in [3.8, 4) is 0 Å². The second kappa shape index (κ2) is 8.09. The van der Waals surface area contributed by atoms with E-state index in [1.54, 1.807) is 24.5 Å². The van der Waals surface area contributed by atoms with Crippen LogP contribution in [0.3, 0.4) is 0 Å². The van der Waals surface area contributed by atoms with Crippen LogP contribution in [-0.4, -0.2) is 40.8 Å². The first-order valence-corrected chi connectivity index (χ1v) is 6.69. The lowest BCUT2D eigenvalue weighted by Gasteiger charge is -2.19. The van der Waals surface area contributed by atoms with Gasteiger partial charge in [0.05, 0.1) is 6.54 Å². The van der Waals surface area contributed by atoms with Crippen LogP contribution in [0.5, 0.6) is 0 Å². The summed E-state index contributed by atoms with van der Waals surface area (Å²) in [4.78, 5) is 29.1. The van der Waals surface area contributed by atoms with Crippen molar-refractivity contribution in [2.75, 3.05) is 13.1 Å². The second-order valence-corrected chi connectivity index (χ2v) is 4.69. The molecule has 1 aromatic heterocycles. The summed E-state index contributed by atoms with van der Waals surface area (Å²) in [5.41, 5.74) is 0.850. The molecule has 0 saturated heterocycles. The Morgan fingerprint density at radius 2 is 2.20 bits per heavy atom. The summed E-state index contributed by atoms with van der Waals surface area (Å²) in [6, 6.07) is 3.73. The molecule has 1 rings (SSSR count). The predicted molar refractivity (Wildman–Crippen MR) is 78.8 cm³/mol. The number of pyridine rings is 1. The average Bonchev–Trinajstić information content (AvgIpc) is 2.42. The monoisotopic (exact) mass is 275 g/mol. The van der Waals surface area contributed by atoms with Crippen LogP contribution in [0.15, 0.2) is 30.6 Å². The predicted octanol–water partition coefficient (Wildman–Crippen LogP) is 1.47. The Kier molecular flexibility index (Phi) is 6.43. The van der Waals surface area contributed by atoms with Gasteiger partial charge in [-0.1, -0.05) is 6.07 Å². The van der Waals surface area contributed by atoms with Crippen LogP contribution in [0.4, 0.5) is 0 Å². The summed E-state index contributed by atoms with van der Waals surface area (Å²) < 4.78 is 0. The number of aromatic nitrogens is 1. The minimum absolute atomic E-state index is 0.0715. The van der Waals surface area contributed by atoms with Crippen molar-refractivity contribution >= 4 is 17.9 Å². The fraction of sp³-hybridized carbons (Fsp3) is 0.400. The summed E-state index contributed by atoms with van der Waals surface area (Å²) in [5.74, 6) is -0.333. The van der Waals surface area contributed by atoms with Crippen molar-refractivity contribution in [3.63, 3.8) is 0 Å². The maximum atomic E-state index is 12.0. The van der Waals surface area contributed by atoms with Crippen molar-refractivity contribution < 1.29 is 9.59 Å². The molecule has 0 atom stereocenters. The highest BCUT2D eigenvalue weighted by Gasteiger charge is 2.13. The molecule has 0 spiro atoms. The van der Waals surface area contributed by atoms with Crippen LogP contribution >= 0.6 is 0 Å². The van der Waals surface area contributed by atoms with Crippen LogP contribution in [0.1, 0.15) is 26.3 Å². The van der Waals surface area contributed by atoms with Gasteiger partial charge in [0.1, 0.15) is 0 Å². The molecule has 1 aromatic rings. The van der Waals surface area contributed by atoms with Gasteiger partial charge in [-0.3, -0.25) is 14.6 Å². The van der Waals surface area contributed by atoms with E-state index in [-0.39, 0.29) is 24.4 Å². The molecule has 0 fully saturated rings. The van der Waals surface area contributed by atoms with E-state index in [1.807, 2.05) is 26.8 Å². The third kappa shape index (κ3) is 5.65. The molecule has 5 nitrogen and oxygen atoms in total. The molecule has 0 saturated carbocycles. The van der Waals surface area contributed by atoms with Gasteiger partial charge in [0.25, 0.3) is 0 Å². The van der Waals surface area contributed by atoms with Crippen LogP contribution in [0.25, 0.3) is 6.08 Å². The number of carbonyl (C=O) groups is 2. The van der Waals surface area contributed by atoms with Gasteiger partial charge in [0, 0.05) is 31.1 Å². The number of hydrogen-bond acceptors (Lipinski definition) is 3. The Labute approximate surface area is 119 Å². The van der Waals surface area contributed by atoms with Crippen molar-refractivity contribution in [1.29, 1.82) is 0 Å². The summed E-state index contributed by atoms with van der Waals surface area (Å²) in [6.45, 7) is 6.18. The molecule has 1 N–H and O–H groups in total. The lowest BCUT2D eigenvalue weighted by atomic mass is 10.2. The van der Waals surface area contributed by atoms with Crippen LogP contribution in [-0.2, 0) is 9.59 Å². The Balaban J connectivity index is 2.59. The minimum atomic E-state index is -0.185. The van der Waals surface area contributed by atoms with Crippen LogP contribution < -0.4 is 5.32 Å². The third-order valence-corrected chi connectivity index (χ3v) is 2.58. The van der Waals surface area contributed by atoms with E-state index >= 15 is 0 Å². The standard InChI is InChI=1S/C15H21N3O2/c1-4-18(11-14(19)17-12(2)3)15(20)8-7-13-6-5-9-16-10-13/h5-10,12H,4,11H2,1-3H3,(H,17,19)/b8-7+. The van der Waals surface area contributed by atoms with E-state index in [1.165, 1.54) is 11.0 Å². The average molecular weight is 275 g/mol. The van der Waals surface area contributed by atoms with E-state index in [9.17, 15) is 9.59 Å². The lowest BCUT2D eigenvalue weighted by Crippen LogP contribution is -2.42. The first-order valence-electron chi connectivity index (χ1n) is 6.69. The van der Waals surface area contributed by atoms with Gasteiger partial charge in [-0.15, -0.1) is 0 Å². The van der Waals surface area contributed by atoms with Gasteiger partial charge in [-0.25, -0.2) is 0 Å². The lowest BCUT2D eigenvalue weighted by molar-refractivity contribution is -0.132. The fourth-order valence-electron chi connectivity index (χ4n) is 1.63. The first-order chi connectivity index (χ1) is 9.52. The quantitative estimate of drug-likeness (QED) is 0.800. The van der Waals surface area contributed by atoms with Gasteiger partial charge in [0.2, 0.25) is 11.8 Å². The molecule has 0 bridgehead atoms. The molecular weight excluding hydrogens is 254 g/mol.